The maximum absolute atomic E-state index is 11.6. The van der Waals surface area contributed by atoms with Crippen molar-refractivity contribution < 1.29 is 4.79 Å². The summed E-state index contributed by atoms with van der Waals surface area (Å²) in [4.78, 5) is 15.9. The molecule has 110 valence electrons. The summed E-state index contributed by atoms with van der Waals surface area (Å²) in [6.07, 6.45) is 1.51. The van der Waals surface area contributed by atoms with E-state index < -0.39 is 0 Å². The molecule has 5 heteroatoms. The molecule has 0 atom stereocenters. The van der Waals surface area contributed by atoms with Crippen LogP contribution in [0.1, 0.15) is 18.9 Å². The molecule has 1 aliphatic rings. The minimum Gasteiger partial charge on any atom is -0.340 e. The van der Waals surface area contributed by atoms with E-state index in [-0.39, 0.29) is 5.91 Å². The second-order valence-corrected chi connectivity index (χ2v) is 5.91. The first-order chi connectivity index (χ1) is 9.60. The smallest absolute Gasteiger partial charge is 0.222 e. The van der Waals surface area contributed by atoms with Gasteiger partial charge in [0.15, 0.2) is 0 Å². The van der Waals surface area contributed by atoms with Crippen LogP contribution in [0.5, 0.6) is 0 Å². The third-order valence-corrected chi connectivity index (χ3v) is 4.33. The number of carbonyl (C=O) groups is 1. The molecule has 1 amide bonds. The number of halogens is 2. The third kappa shape index (κ3) is 4.11. The van der Waals surface area contributed by atoms with Gasteiger partial charge in [-0.3, -0.25) is 9.69 Å². The maximum Gasteiger partial charge on any atom is 0.222 e. The Morgan fingerprint density at radius 3 is 2.50 bits per heavy atom. The fourth-order valence-corrected chi connectivity index (χ4v) is 2.95. The Morgan fingerprint density at radius 1 is 1.20 bits per heavy atom. The van der Waals surface area contributed by atoms with E-state index in [1.54, 1.807) is 6.07 Å². The molecule has 3 nitrogen and oxygen atoms in total. The molecule has 1 heterocycles. The molecule has 0 spiro atoms. The summed E-state index contributed by atoms with van der Waals surface area (Å²) < 4.78 is 0. The molecule has 20 heavy (non-hydrogen) atoms. The van der Waals surface area contributed by atoms with Crippen LogP contribution >= 0.6 is 23.2 Å². The van der Waals surface area contributed by atoms with Crippen molar-refractivity contribution in [3.8, 4) is 0 Å². The van der Waals surface area contributed by atoms with Gasteiger partial charge in [0, 0.05) is 49.2 Å². The maximum atomic E-state index is 11.6. The molecule has 0 aromatic heterocycles. The van der Waals surface area contributed by atoms with E-state index >= 15 is 0 Å². The Hall–Kier alpha value is -0.770. The van der Waals surface area contributed by atoms with Crippen molar-refractivity contribution in [2.24, 2.45) is 0 Å². The SMILES string of the molecule is CCC(=O)N1CCN(CCc2ccc(Cl)cc2Cl)CC1. The quantitative estimate of drug-likeness (QED) is 0.852. The first-order valence-electron chi connectivity index (χ1n) is 7.04. The lowest BCUT2D eigenvalue weighted by Gasteiger charge is -2.34. The highest BCUT2D eigenvalue weighted by molar-refractivity contribution is 6.35. The first-order valence-corrected chi connectivity index (χ1v) is 7.80. The minimum atomic E-state index is 0.255. The van der Waals surface area contributed by atoms with E-state index in [1.807, 2.05) is 24.0 Å². The van der Waals surface area contributed by atoms with Gasteiger partial charge in [-0.2, -0.15) is 0 Å². The van der Waals surface area contributed by atoms with Crippen molar-refractivity contribution in [2.75, 3.05) is 32.7 Å². The zero-order valence-corrected chi connectivity index (χ0v) is 13.3. The fourth-order valence-electron chi connectivity index (χ4n) is 2.45. The highest BCUT2D eigenvalue weighted by Crippen LogP contribution is 2.21. The highest BCUT2D eigenvalue weighted by Gasteiger charge is 2.19. The second-order valence-electron chi connectivity index (χ2n) is 5.06. The second kappa shape index (κ2) is 7.30. The van der Waals surface area contributed by atoms with E-state index in [4.69, 9.17) is 23.2 Å². The number of carbonyl (C=O) groups excluding carboxylic acids is 1. The number of rotatable bonds is 4. The number of piperazine rings is 1. The van der Waals surface area contributed by atoms with Gasteiger partial charge in [-0.25, -0.2) is 0 Å². The number of nitrogens with zero attached hydrogens (tertiary/aromatic N) is 2. The van der Waals surface area contributed by atoms with Crippen molar-refractivity contribution in [3.05, 3.63) is 33.8 Å². The molecule has 1 saturated heterocycles. The third-order valence-electron chi connectivity index (χ3n) is 3.74. The van der Waals surface area contributed by atoms with Crippen LogP contribution in [0.3, 0.4) is 0 Å². The molecule has 0 saturated carbocycles. The van der Waals surface area contributed by atoms with Gasteiger partial charge >= 0.3 is 0 Å². The van der Waals surface area contributed by atoms with Crippen molar-refractivity contribution >= 4 is 29.1 Å². The Kier molecular flexibility index (Phi) is 5.70. The number of benzene rings is 1. The van der Waals surface area contributed by atoms with Gasteiger partial charge in [0.05, 0.1) is 0 Å². The molecule has 0 unspecified atom stereocenters. The van der Waals surface area contributed by atoms with Crippen LogP contribution in [-0.2, 0) is 11.2 Å². The molecule has 0 aliphatic carbocycles. The average molecular weight is 315 g/mol. The van der Waals surface area contributed by atoms with E-state index in [1.165, 1.54) is 0 Å². The molecule has 0 N–H and O–H groups in total. The summed E-state index contributed by atoms with van der Waals surface area (Å²) in [5, 5.41) is 1.41. The summed E-state index contributed by atoms with van der Waals surface area (Å²) in [6.45, 7) is 6.43. The van der Waals surface area contributed by atoms with Gasteiger partial charge in [-0.05, 0) is 24.1 Å². The summed E-state index contributed by atoms with van der Waals surface area (Å²) in [5.41, 5.74) is 1.13. The van der Waals surface area contributed by atoms with Gasteiger partial charge in [-0.1, -0.05) is 36.2 Å². The molecule has 1 aromatic carbocycles. The van der Waals surface area contributed by atoms with Crippen molar-refractivity contribution in [3.63, 3.8) is 0 Å². The lowest BCUT2D eigenvalue weighted by molar-refractivity contribution is -0.132. The topological polar surface area (TPSA) is 23.6 Å². The standard InChI is InChI=1S/C15H20Cl2N2O/c1-2-15(20)19-9-7-18(8-10-19)6-5-12-3-4-13(16)11-14(12)17/h3-4,11H,2,5-10H2,1H3. The predicted octanol–water partition coefficient (Wildman–Crippen LogP) is 3.09. The van der Waals surface area contributed by atoms with E-state index in [9.17, 15) is 4.79 Å². The molecule has 1 aromatic rings. The summed E-state index contributed by atoms with van der Waals surface area (Å²) >= 11 is 12.1. The van der Waals surface area contributed by atoms with Gasteiger partial charge in [0.1, 0.15) is 0 Å². The number of hydrogen-bond donors (Lipinski definition) is 0. The van der Waals surface area contributed by atoms with Crippen molar-refractivity contribution in [2.45, 2.75) is 19.8 Å². The predicted molar refractivity (Wildman–Crippen MR) is 83.5 cm³/mol. The zero-order chi connectivity index (χ0) is 14.5. The molecular formula is C15H20Cl2N2O. The highest BCUT2D eigenvalue weighted by atomic mass is 35.5. The molecule has 0 bridgehead atoms. The number of amides is 1. The van der Waals surface area contributed by atoms with Crippen LogP contribution in [0, 0.1) is 0 Å². The Morgan fingerprint density at radius 2 is 1.90 bits per heavy atom. The van der Waals surface area contributed by atoms with Gasteiger partial charge in [0.25, 0.3) is 0 Å². The Bertz CT molecular complexity index is 471. The fraction of sp³-hybridized carbons (Fsp3) is 0.533. The van der Waals surface area contributed by atoms with Crippen LogP contribution in [0.15, 0.2) is 18.2 Å². The van der Waals surface area contributed by atoms with Crippen LogP contribution in [0.2, 0.25) is 10.0 Å². The molecule has 0 radical (unpaired) electrons. The lowest BCUT2D eigenvalue weighted by Crippen LogP contribution is -2.48. The number of hydrogen-bond acceptors (Lipinski definition) is 2. The van der Waals surface area contributed by atoms with Crippen LogP contribution < -0.4 is 0 Å². The zero-order valence-electron chi connectivity index (χ0n) is 11.7. The lowest BCUT2D eigenvalue weighted by atomic mass is 10.1. The minimum absolute atomic E-state index is 0.255. The van der Waals surface area contributed by atoms with Crippen molar-refractivity contribution in [1.29, 1.82) is 0 Å². The van der Waals surface area contributed by atoms with Crippen LogP contribution in [-0.4, -0.2) is 48.4 Å². The normalized spacial score (nSPS) is 16.4. The van der Waals surface area contributed by atoms with E-state index in [0.717, 1.165) is 49.7 Å². The van der Waals surface area contributed by atoms with Crippen LogP contribution in [0.4, 0.5) is 0 Å². The van der Waals surface area contributed by atoms with E-state index in [0.29, 0.717) is 11.4 Å². The van der Waals surface area contributed by atoms with E-state index in [2.05, 4.69) is 4.90 Å². The van der Waals surface area contributed by atoms with Gasteiger partial charge in [0.2, 0.25) is 5.91 Å². The largest absolute Gasteiger partial charge is 0.340 e. The summed E-state index contributed by atoms with van der Waals surface area (Å²) in [6, 6.07) is 5.65. The Balaban J connectivity index is 1.80. The monoisotopic (exact) mass is 314 g/mol. The van der Waals surface area contributed by atoms with Gasteiger partial charge in [-0.15, -0.1) is 0 Å². The first kappa shape index (κ1) is 15.6. The van der Waals surface area contributed by atoms with Crippen LogP contribution in [0.25, 0.3) is 0 Å². The van der Waals surface area contributed by atoms with Crippen molar-refractivity contribution in [1.82, 2.24) is 9.80 Å². The molecular weight excluding hydrogens is 295 g/mol. The average Bonchev–Trinajstić information content (AvgIpc) is 2.46. The molecule has 1 aliphatic heterocycles. The van der Waals surface area contributed by atoms with Gasteiger partial charge < -0.3 is 4.90 Å². The molecule has 2 rings (SSSR count). The summed E-state index contributed by atoms with van der Waals surface area (Å²) in [5.74, 6) is 0.255. The summed E-state index contributed by atoms with van der Waals surface area (Å²) in [7, 11) is 0. The Labute approximate surface area is 130 Å². The molecule has 1 fully saturated rings.